The Balaban J connectivity index is 1.73. The maximum Gasteiger partial charge on any atom is 0.243 e. The van der Waals surface area contributed by atoms with Gasteiger partial charge in [-0.05, 0) is 37.8 Å². The lowest BCUT2D eigenvalue weighted by Crippen LogP contribution is -2.49. The van der Waals surface area contributed by atoms with Crippen molar-refractivity contribution in [3.8, 4) is 0 Å². The molecular formula is C17H24N2O3S. The van der Waals surface area contributed by atoms with Crippen LogP contribution < -0.4 is 5.32 Å². The molecule has 0 spiro atoms. The topological polar surface area (TPSA) is 66.5 Å². The minimum Gasteiger partial charge on any atom is -0.352 e. The van der Waals surface area contributed by atoms with Crippen LogP contribution in [0.5, 0.6) is 0 Å². The molecule has 1 aliphatic heterocycles. The molecule has 0 radical (unpaired) electrons. The molecule has 1 aliphatic carbocycles. The van der Waals surface area contributed by atoms with Crippen molar-refractivity contribution in [3.63, 3.8) is 0 Å². The molecule has 1 atom stereocenters. The third-order valence-corrected chi connectivity index (χ3v) is 6.73. The molecule has 1 aromatic carbocycles. The number of sulfonamides is 1. The van der Waals surface area contributed by atoms with E-state index in [9.17, 15) is 13.2 Å². The van der Waals surface area contributed by atoms with Gasteiger partial charge >= 0.3 is 0 Å². The highest BCUT2D eigenvalue weighted by atomic mass is 32.2. The van der Waals surface area contributed by atoms with E-state index in [1.54, 1.807) is 30.3 Å². The first-order valence-electron chi connectivity index (χ1n) is 8.46. The predicted octanol–water partition coefficient (Wildman–Crippen LogP) is 2.29. The molecule has 6 heteroatoms. The molecule has 5 nitrogen and oxygen atoms in total. The molecule has 3 rings (SSSR count). The van der Waals surface area contributed by atoms with E-state index in [0.717, 1.165) is 32.1 Å². The summed E-state index contributed by atoms with van der Waals surface area (Å²) < 4.78 is 27.0. The van der Waals surface area contributed by atoms with Gasteiger partial charge in [0.05, 0.1) is 4.90 Å². The minimum atomic E-state index is -3.60. The lowest BCUT2D eigenvalue weighted by molar-refractivity contribution is -0.125. The molecular weight excluding hydrogens is 312 g/mol. The van der Waals surface area contributed by atoms with E-state index in [4.69, 9.17) is 0 Å². The van der Waals surface area contributed by atoms with Crippen molar-refractivity contribution in [2.24, 2.45) is 0 Å². The van der Waals surface area contributed by atoms with Crippen LogP contribution in [0, 0.1) is 0 Å². The van der Waals surface area contributed by atoms with Crippen LogP contribution in [-0.2, 0) is 14.8 Å². The van der Waals surface area contributed by atoms with Gasteiger partial charge in [0.15, 0.2) is 0 Å². The summed E-state index contributed by atoms with van der Waals surface area (Å²) in [7, 11) is -3.60. The Morgan fingerprint density at radius 3 is 2.39 bits per heavy atom. The highest BCUT2D eigenvalue weighted by Gasteiger charge is 2.39. The first-order chi connectivity index (χ1) is 11.1. The van der Waals surface area contributed by atoms with Gasteiger partial charge in [-0.2, -0.15) is 4.31 Å². The van der Waals surface area contributed by atoms with Crippen molar-refractivity contribution in [1.82, 2.24) is 9.62 Å². The zero-order valence-electron chi connectivity index (χ0n) is 13.3. The van der Waals surface area contributed by atoms with Crippen molar-refractivity contribution in [1.29, 1.82) is 0 Å². The van der Waals surface area contributed by atoms with Crippen LogP contribution in [0.3, 0.4) is 0 Å². The first kappa shape index (κ1) is 16.5. The van der Waals surface area contributed by atoms with Gasteiger partial charge in [0, 0.05) is 12.6 Å². The van der Waals surface area contributed by atoms with Crippen molar-refractivity contribution in [3.05, 3.63) is 30.3 Å². The van der Waals surface area contributed by atoms with Gasteiger partial charge < -0.3 is 5.32 Å². The average Bonchev–Trinajstić information content (AvgIpc) is 3.07. The Kier molecular flexibility index (Phi) is 5.02. The highest BCUT2D eigenvalue weighted by Crippen LogP contribution is 2.27. The van der Waals surface area contributed by atoms with E-state index in [-0.39, 0.29) is 16.8 Å². The summed E-state index contributed by atoms with van der Waals surface area (Å²) in [5.41, 5.74) is 0. The summed E-state index contributed by atoms with van der Waals surface area (Å²) in [6.45, 7) is 0.417. The third-order valence-electron chi connectivity index (χ3n) is 4.81. The van der Waals surface area contributed by atoms with Gasteiger partial charge in [0.25, 0.3) is 0 Å². The second kappa shape index (κ2) is 7.01. The van der Waals surface area contributed by atoms with Gasteiger partial charge in [-0.3, -0.25) is 4.79 Å². The summed E-state index contributed by atoms with van der Waals surface area (Å²) >= 11 is 0. The van der Waals surface area contributed by atoms with Crippen LogP contribution in [-0.4, -0.2) is 37.3 Å². The summed E-state index contributed by atoms with van der Waals surface area (Å²) in [4.78, 5) is 12.8. The van der Waals surface area contributed by atoms with E-state index >= 15 is 0 Å². The fourth-order valence-corrected chi connectivity index (χ4v) is 5.24. The summed E-state index contributed by atoms with van der Waals surface area (Å²) in [6.07, 6.45) is 6.85. The third kappa shape index (κ3) is 3.58. The number of benzene rings is 1. The summed E-state index contributed by atoms with van der Waals surface area (Å²) in [5, 5.41) is 3.07. The quantitative estimate of drug-likeness (QED) is 0.917. The second-order valence-corrected chi connectivity index (χ2v) is 8.32. The average molecular weight is 336 g/mol. The number of carbonyl (C=O) groups excluding carboxylic acids is 1. The predicted molar refractivity (Wildman–Crippen MR) is 88.4 cm³/mol. The van der Waals surface area contributed by atoms with Crippen molar-refractivity contribution < 1.29 is 13.2 Å². The number of hydrogen-bond donors (Lipinski definition) is 1. The number of nitrogens with zero attached hydrogens (tertiary/aromatic N) is 1. The molecule has 23 heavy (non-hydrogen) atoms. The number of rotatable bonds is 4. The van der Waals surface area contributed by atoms with E-state index < -0.39 is 16.1 Å². The molecule has 1 aromatic rings. The van der Waals surface area contributed by atoms with Crippen molar-refractivity contribution in [2.45, 2.75) is 61.9 Å². The summed E-state index contributed by atoms with van der Waals surface area (Å²) in [6, 6.07) is 8.02. The van der Waals surface area contributed by atoms with Crippen LogP contribution >= 0.6 is 0 Å². The molecule has 1 amide bonds. The number of nitrogens with one attached hydrogen (secondary N) is 1. The smallest absolute Gasteiger partial charge is 0.243 e. The molecule has 0 bridgehead atoms. The molecule has 1 heterocycles. The van der Waals surface area contributed by atoms with Crippen molar-refractivity contribution in [2.75, 3.05) is 6.54 Å². The Morgan fingerprint density at radius 1 is 1.00 bits per heavy atom. The van der Waals surface area contributed by atoms with Crippen LogP contribution in [0.25, 0.3) is 0 Å². The normalized spacial score (nSPS) is 23.7. The zero-order chi connectivity index (χ0) is 16.3. The Bertz CT molecular complexity index is 639. The van der Waals surface area contributed by atoms with Gasteiger partial charge in [-0.15, -0.1) is 0 Å². The largest absolute Gasteiger partial charge is 0.352 e. The molecule has 1 N–H and O–H groups in total. The second-order valence-electron chi connectivity index (χ2n) is 6.43. The van der Waals surface area contributed by atoms with Crippen LogP contribution in [0.4, 0.5) is 0 Å². The van der Waals surface area contributed by atoms with E-state index in [1.165, 1.54) is 10.7 Å². The Labute approximate surface area is 138 Å². The lowest BCUT2D eigenvalue weighted by Gasteiger charge is -2.27. The van der Waals surface area contributed by atoms with Gasteiger partial charge in [-0.1, -0.05) is 37.5 Å². The Morgan fingerprint density at radius 2 is 1.70 bits per heavy atom. The number of amides is 1. The van der Waals surface area contributed by atoms with E-state index in [2.05, 4.69) is 5.32 Å². The molecule has 1 saturated carbocycles. The fraction of sp³-hybridized carbons (Fsp3) is 0.588. The van der Waals surface area contributed by atoms with Crippen LogP contribution in [0.1, 0.15) is 44.9 Å². The molecule has 0 aromatic heterocycles. The Hall–Kier alpha value is -1.40. The first-order valence-corrected chi connectivity index (χ1v) is 9.90. The molecule has 2 aliphatic rings. The molecule has 1 unspecified atom stereocenters. The maximum absolute atomic E-state index is 12.8. The van der Waals surface area contributed by atoms with E-state index in [1.807, 2.05) is 0 Å². The molecule has 1 saturated heterocycles. The molecule has 126 valence electrons. The van der Waals surface area contributed by atoms with E-state index in [0.29, 0.717) is 13.0 Å². The number of hydrogen-bond acceptors (Lipinski definition) is 3. The standard InChI is InChI=1S/C17H24N2O3S/c20-17(18-14-8-3-1-4-9-14)16-12-7-13-19(16)23(21,22)15-10-5-2-6-11-15/h2,5-6,10-11,14,16H,1,3-4,7-9,12-13H2,(H,18,20). The van der Waals surface area contributed by atoms with Gasteiger partial charge in [-0.25, -0.2) is 8.42 Å². The van der Waals surface area contributed by atoms with Crippen LogP contribution in [0.15, 0.2) is 35.2 Å². The number of carbonyl (C=O) groups is 1. The zero-order valence-corrected chi connectivity index (χ0v) is 14.1. The SMILES string of the molecule is O=C(NC1CCCCC1)C1CCCN1S(=O)(=O)c1ccccc1. The maximum atomic E-state index is 12.8. The van der Waals surface area contributed by atoms with Gasteiger partial charge in [0.2, 0.25) is 15.9 Å². The molecule has 2 fully saturated rings. The van der Waals surface area contributed by atoms with Crippen molar-refractivity contribution >= 4 is 15.9 Å². The summed E-state index contributed by atoms with van der Waals surface area (Å²) in [5.74, 6) is -0.131. The van der Waals surface area contributed by atoms with Gasteiger partial charge in [0.1, 0.15) is 6.04 Å². The minimum absolute atomic E-state index is 0.131. The fourth-order valence-electron chi connectivity index (χ4n) is 3.56. The monoisotopic (exact) mass is 336 g/mol. The lowest BCUT2D eigenvalue weighted by atomic mass is 9.95. The van der Waals surface area contributed by atoms with Crippen LogP contribution in [0.2, 0.25) is 0 Å². The highest BCUT2D eigenvalue weighted by molar-refractivity contribution is 7.89.